The molecule has 0 radical (unpaired) electrons. The van der Waals surface area contributed by atoms with Gasteiger partial charge in [-0.15, -0.1) is 12.6 Å². The third-order valence-corrected chi connectivity index (χ3v) is 2.94. The van der Waals surface area contributed by atoms with Gasteiger partial charge in [-0.2, -0.15) is 0 Å². The molecule has 0 spiro atoms. The van der Waals surface area contributed by atoms with Gasteiger partial charge in [0.1, 0.15) is 0 Å². The van der Waals surface area contributed by atoms with Crippen LogP contribution in [0.2, 0.25) is 0 Å². The molecule has 0 aliphatic carbocycles. The minimum Gasteiger partial charge on any atom is -0.478 e. The van der Waals surface area contributed by atoms with E-state index in [9.17, 15) is 9.59 Å². The van der Waals surface area contributed by atoms with Crippen molar-refractivity contribution in [1.29, 1.82) is 0 Å². The highest BCUT2D eigenvalue weighted by molar-refractivity contribution is 7.96. The van der Waals surface area contributed by atoms with Crippen LogP contribution in [0.5, 0.6) is 0 Å². The van der Waals surface area contributed by atoms with Crippen LogP contribution in [0.3, 0.4) is 0 Å². The normalized spacial score (nSPS) is 10.2. The van der Waals surface area contributed by atoms with Gasteiger partial charge in [0.25, 0.3) is 0 Å². The zero-order valence-corrected chi connectivity index (χ0v) is 10.9. The first kappa shape index (κ1) is 13.4. The molecule has 0 fully saturated rings. The van der Waals surface area contributed by atoms with E-state index in [2.05, 4.69) is 12.6 Å². The van der Waals surface area contributed by atoms with Crippen molar-refractivity contribution in [2.45, 2.75) is 6.42 Å². The molecule has 19 heavy (non-hydrogen) atoms. The fraction of sp³-hybridized carbons (Fsp3) is 0.0667. The molecular formula is C15H12O3S. The van der Waals surface area contributed by atoms with E-state index in [0.717, 1.165) is 16.7 Å². The Hall–Kier alpha value is -2.07. The molecule has 2 rings (SSSR count). The van der Waals surface area contributed by atoms with Crippen LogP contribution in [0.1, 0.15) is 15.9 Å². The van der Waals surface area contributed by atoms with Crippen molar-refractivity contribution >= 4 is 23.7 Å². The molecule has 2 aromatic rings. The van der Waals surface area contributed by atoms with Gasteiger partial charge in [-0.05, 0) is 28.8 Å². The number of thiol groups is 1. The van der Waals surface area contributed by atoms with E-state index in [1.807, 2.05) is 30.3 Å². The second-order valence-corrected chi connectivity index (χ2v) is 4.61. The number of carboxylic acid groups (broad SMARTS) is 1. The summed E-state index contributed by atoms with van der Waals surface area (Å²) in [6, 6.07) is 14.1. The Labute approximate surface area is 116 Å². The molecule has 0 aliphatic rings. The van der Waals surface area contributed by atoms with Gasteiger partial charge in [0.2, 0.25) is 0 Å². The zero-order valence-electron chi connectivity index (χ0n) is 10.0. The predicted molar refractivity (Wildman–Crippen MR) is 76.5 cm³/mol. The lowest BCUT2D eigenvalue weighted by atomic mass is 9.96. The molecule has 0 bridgehead atoms. The molecule has 0 amide bonds. The summed E-state index contributed by atoms with van der Waals surface area (Å²) < 4.78 is 0. The smallest absolute Gasteiger partial charge is 0.335 e. The molecule has 4 heteroatoms. The monoisotopic (exact) mass is 272 g/mol. The number of aromatic carboxylic acids is 1. The van der Waals surface area contributed by atoms with Crippen LogP contribution in [0, 0.1) is 0 Å². The summed E-state index contributed by atoms with van der Waals surface area (Å²) in [5, 5.41) is 8.80. The SMILES string of the molecule is O=C(S)Cc1ccc(C(=O)O)cc1-c1ccccc1. The van der Waals surface area contributed by atoms with E-state index in [4.69, 9.17) is 5.11 Å². The van der Waals surface area contributed by atoms with E-state index in [-0.39, 0.29) is 17.1 Å². The molecule has 1 N–H and O–H groups in total. The summed E-state index contributed by atoms with van der Waals surface area (Å²) in [7, 11) is 0. The standard InChI is InChI=1S/C15H12O3S/c16-14(19)9-11-6-7-12(15(17)18)8-13(11)10-4-2-1-3-5-10/h1-8H,9H2,(H,16,19)(H,17,18). The predicted octanol–water partition coefficient (Wildman–Crippen LogP) is 3.05. The maximum atomic E-state index is 11.2. The van der Waals surface area contributed by atoms with Gasteiger partial charge in [-0.25, -0.2) is 4.79 Å². The molecule has 0 aliphatic heterocycles. The molecule has 2 aromatic carbocycles. The molecule has 3 nitrogen and oxygen atoms in total. The van der Waals surface area contributed by atoms with Crippen LogP contribution in [-0.4, -0.2) is 16.2 Å². The number of benzene rings is 2. The van der Waals surface area contributed by atoms with E-state index in [1.54, 1.807) is 12.1 Å². The van der Waals surface area contributed by atoms with Crippen LogP contribution >= 0.6 is 12.6 Å². The number of hydrogen-bond acceptors (Lipinski definition) is 2. The van der Waals surface area contributed by atoms with Crippen molar-refractivity contribution in [1.82, 2.24) is 0 Å². The summed E-state index contributed by atoms with van der Waals surface area (Å²) in [5.41, 5.74) is 2.61. The lowest BCUT2D eigenvalue weighted by Gasteiger charge is -2.09. The summed E-state index contributed by atoms with van der Waals surface area (Å²) in [5.74, 6) is -0.985. The van der Waals surface area contributed by atoms with E-state index in [1.165, 1.54) is 6.07 Å². The van der Waals surface area contributed by atoms with E-state index < -0.39 is 5.97 Å². The van der Waals surface area contributed by atoms with Crippen molar-refractivity contribution in [2.24, 2.45) is 0 Å². The lowest BCUT2D eigenvalue weighted by Crippen LogP contribution is -2.01. The van der Waals surface area contributed by atoms with Crippen LogP contribution in [-0.2, 0) is 11.2 Å². The average Bonchev–Trinajstić information content (AvgIpc) is 2.39. The van der Waals surface area contributed by atoms with Gasteiger partial charge in [-0.1, -0.05) is 36.4 Å². The van der Waals surface area contributed by atoms with Gasteiger partial charge in [0, 0.05) is 6.42 Å². The van der Waals surface area contributed by atoms with Crippen molar-refractivity contribution in [2.75, 3.05) is 0 Å². The van der Waals surface area contributed by atoms with Crippen molar-refractivity contribution in [3.8, 4) is 11.1 Å². The highest BCUT2D eigenvalue weighted by Gasteiger charge is 2.11. The summed E-state index contributed by atoms with van der Waals surface area (Å²) in [4.78, 5) is 22.2. The van der Waals surface area contributed by atoms with Crippen LogP contribution < -0.4 is 0 Å². The first-order valence-electron chi connectivity index (χ1n) is 5.71. The number of carbonyl (C=O) groups excluding carboxylic acids is 1. The third kappa shape index (κ3) is 3.23. The maximum absolute atomic E-state index is 11.2. The van der Waals surface area contributed by atoms with Crippen molar-refractivity contribution < 1.29 is 14.7 Å². The summed E-state index contributed by atoms with van der Waals surface area (Å²) >= 11 is 3.78. The molecular weight excluding hydrogens is 260 g/mol. The average molecular weight is 272 g/mol. The van der Waals surface area contributed by atoms with Crippen molar-refractivity contribution in [3.63, 3.8) is 0 Å². The minimum absolute atomic E-state index is 0.174. The Balaban J connectivity index is 2.56. The van der Waals surface area contributed by atoms with Gasteiger partial charge in [0.15, 0.2) is 5.12 Å². The Bertz CT molecular complexity index is 621. The van der Waals surface area contributed by atoms with Crippen LogP contribution in [0.4, 0.5) is 0 Å². The third-order valence-electron chi connectivity index (χ3n) is 2.78. The molecule has 0 heterocycles. The first-order valence-corrected chi connectivity index (χ1v) is 6.16. The Kier molecular flexibility index (Phi) is 4.02. The summed E-state index contributed by atoms with van der Waals surface area (Å²) in [6.45, 7) is 0. The molecule has 0 atom stereocenters. The van der Waals surface area contributed by atoms with Gasteiger partial charge in [-0.3, -0.25) is 4.79 Å². The fourth-order valence-corrected chi connectivity index (χ4v) is 2.08. The molecule has 0 saturated heterocycles. The highest BCUT2D eigenvalue weighted by Crippen LogP contribution is 2.26. The van der Waals surface area contributed by atoms with E-state index in [0.29, 0.717) is 0 Å². The zero-order chi connectivity index (χ0) is 13.8. The molecule has 0 saturated carbocycles. The van der Waals surface area contributed by atoms with Gasteiger partial charge >= 0.3 is 5.97 Å². The lowest BCUT2D eigenvalue weighted by molar-refractivity contribution is -0.110. The Morgan fingerprint density at radius 1 is 1.05 bits per heavy atom. The first-order chi connectivity index (χ1) is 9.08. The maximum Gasteiger partial charge on any atom is 0.335 e. The molecule has 0 aromatic heterocycles. The van der Waals surface area contributed by atoms with Gasteiger partial charge in [0.05, 0.1) is 5.56 Å². The number of hydrogen-bond donors (Lipinski definition) is 2. The van der Waals surface area contributed by atoms with Crippen LogP contribution in [0.15, 0.2) is 48.5 Å². The van der Waals surface area contributed by atoms with E-state index >= 15 is 0 Å². The number of carboxylic acids is 1. The highest BCUT2D eigenvalue weighted by atomic mass is 32.1. The second-order valence-electron chi connectivity index (χ2n) is 4.11. The fourth-order valence-electron chi connectivity index (χ4n) is 1.91. The van der Waals surface area contributed by atoms with Crippen LogP contribution in [0.25, 0.3) is 11.1 Å². The Morgan fingerprint density at radius 3 is 2.32 bits per heavy atom. The quantitative estimate of drug-likeness (QED) is 0.841. The topological polar surface area (TPSA) is 54.4 Å². The molecule has 0 unspecified atom stereocenters. The number of rotatable bonds is 4. The van der Waals surface area contributed by atoms with Gasteiger partial charge < -0.3 is 5.11 Å². The number of carbonyl (C=O) groups is 2. The Morgan fingerprint density at radius 2 is 1.74 bits per heavy atom. The molecule has 96 valence electrons. The minimum atomic E-state index is -0.985. The largest absolute Gasteiger partial charge is 0.478 e. The van der Waals surface area contributed by atoms with Crippen molar-refractivity contribution in [3.05, 3.63) is 59.7 Å². The second kappa shape index (κ2) is 5.71. The summed E-state index contributed by atoms with van der Waals surface area (Å²) in [6.07, 6.45) is 0.174.